The Hall–Kier alpha value is -1.09. The first-order chi connectivity index (χ1) is 9.31. The van der Waals surface area contributed by atoms with E-state index in [2.05, 4.69) is 29.6 Å². The molecule has 3 rings (SSSR count). The first-order valence-corrected chi connectivity index (χ1v) is 7.15. The number of hydrogen-bond donors (Lipinski definition) is 1. The fraction of sp³-hybridized carbons (Fsp3) is 0.375. The van der Waals surface area contributed by atoms with Crippen LogP contribution >= 0.6 is 11.6 Å². The van der Waals surface area contributed by atoms with E-state index in [0.29, 0.717) is 0 Å². The lowest BCUT2D eigenvalue weighted by Gasteiger charge is -2.24. The predicted octanol–water partition coefficient (Wildman–Crippen LogP) is 3.93. The van der Waals surface area contributed by atoms with Crippen molar-refractivity contribution in [2.45, 2.75) is 25.0 Å². The average Bonchev–Trinajstić information content (AvgIpc) is 2.96. The van der Waals surface area contributed by atoms with Gasteiger partial charge in [-0.3, -0.25) is 0 Å². The van der Waals surface area contributed by atoms with Gasteiger partial charge in [0.1, 0.15) is 0 Å². The van der Waals surface area contributed by atoms with Gasteiger partial charge in [-0.05, 0) is 36.9 Å². The van der Waals surface area contributed by atoms with E-state index in [0.717, 1.165) is 29.9 Å². The molecular weight excluding hydrogens is 258 g/mol. The smallest absolute Gasteiger partial charge is 0.0770 e. The van der Waals surface area contributed by atoms with Crippen LogP contribution in [0.3, 0.4) is 0 Å². The van der Waals surface area contributed by atoms with Gasteiger partial charge >= 0.3 is 0 Å². The summed E-state index contributed by atoms with van der Waals surface area (Å²) in [5.41, 5.74) is 1.27. The molecule has 2 aromatic rings. The molecule has 0 saturated carbocycles. The second-order valence-corrected chi connectivity index (χ2v) is 5.41. The molecule has 2 nitrogen and oxygen atoms in total. The molecule has 0 aromatic heterocycles. The zero-order chi connectivity index (χ0) is 13.2. The average molecular weight is 276 g/mol. The Morgan fingerprint density at radius 1 is 1.21 bits per heavy atom. The van der Waals surface area contributed by atoms with E-state index in [-0.39, 0.29) is 12.1 Å². The van der Waals surface area contributed by atoms with Gasteiger partial charge < -0.3 is 10.1 Å². The Morgan fingerprint density at radius 2 is 2.00 bits per heavy atom. The number of ether oxygens (including phenoxy) is 1. The summed E-state index contributed by atoms with van der Waals surface area (Å²) in [6, 6.07) is 12.6. The summed E-state index contributed by atoms with van der Waals surface area (Å²) in [5, 5.41) is 6.53. The fourth-order valence-corrected chi connectivity index (χ4v) is 3.19. The van der Waals surface area contributed by atoms with E-state index in [1.165, 1.54) is 10.9 Å². The van der Waals surface area contributed by atoms with Crippen LogP contribution < -0.4 is 5.32 Å². The summed E-state index contributed by atoms with van der Waals surface area (Å²) in [6.07, 6.45) is 2.52. The lowest BCUT2D eigenvalue weighted by molar-refractivity contribution is 0.0812. The minimum absolute atomic E-state index is 0.227. The van der Waals surface area contributed by atoms with Gasteiger partial charge in [0.15, 0.2) is 0 Å². The topological polar surface area (TPSA) is 21.3 Å². The standard InChI is InChI=1S/C16H18ClNO/c1-18-16(15-7-4-10-19-15)13-8-9-14(17)12-6-3-2-5-11(12)13/h2-3,5-6,8-9,15-16,18H,4,7,10H2,1H3. The number of fused-ring (bicyclic) bond motifs is 1. The molecule has 1 aliphatic heterocycles. The van der Waals surface area contributed by atoms with Gasteiger partial charge in [-0.2, -0.15) is 0 Å². The van der Waals surface area contributed by atoms with Crippen molar-refractivity contribution in [3.8, 4) is 0 Å². The molecule has 0 bridgehead atoms. The Labute approximate surface area is 118 Å². The van der Waals surface area contributed by atoms with E-state index in [9.17, 15) is 0 Å². The molecule has 0 radical (unpaired) electrons. The Morgan fingerprint density at radius 3 is 2.68 bits per heavy atom. The Balaban J connectivity index is 2.10. The molecule has 2 aromatic carbocycles. The molecule has 0 amide bonds. The Bertz CT molecular complexity index is 578. The van der Waals surface area contributed by atoms with Crippen molar-refractivity contribution in [1.82, 2.24) is 5.32 Å². The zero-order valence-corrected chi connectivity index (χ0v) is 11.8. The number of rotatable bonds is 3. The van der Waals surface area contributed by atoms with Crippen molar-refractivity contribution >= 4 is 22.4 Å². The summed E-state index contributed by atoms with van der Waals surface area (Å²) in [5.74, 6) is 0. The van der Waals surface area contributed by atoms with Crippen molar-refractivity contribution in [1.29, 1.82) is 0 Å². The van der Waals surface area contributed by atoms with Gasteiger partial charge in [0.25, 0.3) is 0 Å². The second kappa shape index (κ2) is 5.49. The first-order valence-electron chi connectivity index (χ1n) is 6.77. The fourth-order valence-electron chi connectivity index (χ4n) is 2.96. The third kappa shape index (κ3) is 2.36. The number of halogens is 1. The zero-order valence-electron chi connectivity index (χ0n) is 11.0. The lowest BCUT2D eigenvalue weighted by atomic mass is 9.94. The molecule has 0 spiro atoms. The maximum atomic E-state index is 6.28. The molecule has 1 fully saturated rings. The van der Waals surface area contributed by atoms with Gasteiger partial charge in [0.05, 0.1) is 12.1 Å². The van der Waals surface area contributed by atoms with Crippen LogP contribution in [-0.4, -0.2) is 19.8 Å². The molecule has 1 N–H and O–H groups in total. The summed E-state index contributed by atoms with van der Waals surface area (Å²) in [4.78, 5) is 0. The molecule has 1 saturated heterocycles. The van der Waals surface area contributed by atoms with Gasteiger partial charge in [0, 0.05) is 17.0 Å². The van der Waals surface area contributed by atoms with Crippen LogP contribution in [0.15, 0.2) is 36.4 Å². The normalized spacial score (nSPS) is 20.8. The summed E-state index contributed by atoms with van der Waals surface area (Å²) in [6.45, 7) is 0.869. The second-order valence-electron chi connectivity index (χ2n) is 5.00. The summed E-state index contributed by atoms with van der Waals surface area (Å²) in [7, 11) is 2.00. The highest BCUT2D eigenvalue weighted by molar-refractivity contribution is 6.35. The van der Waals surface area contributed by atoms with E-state index in [4.69, 9.17) is 16.3 Å². The molecule has 1 heterocycles. The number of hydrogen-bond acceptors (Lipinski definition) is 2. The van der Waals surface area contributed by atoms with Crippen LogP contribution in [0, 0.1) is 0 Å². The minimum Gasteiger partial charge on any atom is -0.376 e. The molecule has 0 aliphatic carbocycles. The third-order valence-electron chi connectivity index (χ3n) is 3.89. The van der Waals surface area contributed by atoms with Crippen LogP contribution in [0.1, 0.15) is 24.4 Å². The van der Waals surface area contributed by atoms with E-state index in [1.54, 1.807) is 0 Å². The van der Waals surface area contributed by atoms with E-state index in [1.807, 2.05) is 19.2 Å². The molecule has 100 valence electrons. The van der Waals surface area contributed by atoms with E-state index < -0.39 is 0 Å². The predicted molar refractivity (Wildman–Crippen MR) is 79.7 cm³/mol. The van der Waals surface area contributed by atoms with Crippen molar-refractivity contribution in [2.24, 2.45) is 0 Å². The number of likely N-dealkylation sites (N-methyl/N-ethyl adjacent to an activating group) is 1. The molecule has 1 aliphatic rings. The summed E-state index contributed by atoms with van der Waals surface area (Å²) >= 11 is 6.28. The molecule has 3 heteroatoms. The van der Waals surface area contributed by atoms with Crippen LogP contribution in [0.2, 0.25) is 5.02 Å². The largest absolute Gasteiger partial charge is 0.376 e. The molecular formula is C16H18ClNO. The van der Waals surface area contributed by atoms with Crippen LogP contribution in [0.25, 0.3) is 10.8 Å². The summed E-state index contributed by atoms with van der Waals surface area (Å²) < 4.78 is 5.84. The highest BCUT2D eigenvalue weighted by atomic mass is 35.5. The molecule has 2 atom stereocenters. The van der Waals surface area contributed by atoms with Crippen LogP contribution in [0.4, 0.5) is 0 Å². The van der Waals surface area contributed by atoms with E-state index >= 15 is 0 Å². The third-order valence-corrected chi connectivity index (χ3v) is 4.22. The van der Waals surface area contributed by atoms with Crippen molar-refractivity contribution in [2.75, 3.05) is 13.7 Å². The number of benzene rings is 2. The Kier molecular flexibility index (Phi) is 3.74. The quantitative estimate of drug-likeness (QED) is 0.916. The highest BCUT2D eigenvalue weighted by Gasteiger charge is 2.27. The molecule has 2 unspecified atom stereocenters. The minimum atomic E-state index is 0.227. The van der Waals surface area contributed by atoms with Gasteiger partial charge in [0.2, 0.25) is 0 Å². The van der Waals surface area contributed by atoms with Gasteiger partial charge in [-0.15, -0.1) is 0 Å². The van der Waals surface area contributed by atoms with Gasteiger partial charge in [-0.25, -0.2) is 0 Å². The SMILES string of the molecule is CNC(c1ccc(Cl)c2ccccc12)C1CCCO1. The van der Waals surface area contributed by atoms with Crippen molar-refractivity contribution < 1.29 is 4.74 Å². The maximum Gasteiger partial charge on any atom is 0.0770 e. The highest BCUT2D eigenvalue weighted by Crippen LogP contribution is 2.34. The van der Waals surface area contributed by atoms with Crippen LogP contribution in [0.5, 0.6) is 0 Å². The van der Waals surface area contributed by atoms with Crippen LogP contribution in [-0.2, 0) is 4.74 Å². The van der Waals surface area contributed by atoms with Crippen molar-refractivity contribution in [3.05, 3.63) is 47.0 Å². The maximum absolute atomic E-state index is 6.28. The van der Waals surface area contributed by atoms with Crippen molar-refractivity contribution in [3.63, 3.8) is 0 Å². The monoisotopic (exact) mass is 275 g/mol. The number of nitrogens with one attached hydrogen (secondary N) is 1. The lowest BCUT2D eigenvalue weighted by Crippen LogP contribution is -2.29. The molecule has 19 heavy (non-hydrogen) atoms. The first kappa shape index (κ1) is 12.9. The van der Waals surface area contributed by atoms with Gasteiger partial charge in [-0.1, -0.05) is 41.9 Å².